The molecule has 1 N–H and O–H groups in total. The van der Waals surface area contributed by atoms with Crippen LogP contribution in [-0.4, -0.2) is 24.1 Å². The zero-order valence-electron chi connectivity index (χ0n) is 14.1. The maximum Gasteiger partial charge on any atom is 0.228 e. The first-order chi connectivity index (χ1) is 10.7. The van der Waals surface area contributed by atoms with E-state index in [1.165, 1.54) is 6.42 Å². The van der Waals surface area contributed by atoms with Gasteiger partial charge < -0.3 is 5.32 Å². The van der Waals surface area contributed by atoms with Crippen LogP contribution in [0.3, 0.4) is 0 Å². The zero-order chi connectivity index (χ0) is 16.8. The van der Waals surface area contributed by atoms with Crippen molar-refractivity contribution in [2.75, 3.05) is 5.32 Å². The van der Waals surface area contributed by atoms with Gasteiger partial charge in [-0.15, -0.1) is 0 Å². The largest absolute Gasteiger partial charge is 0.310 e. The SMILES string of the molecule is CC(C)(C)n1nc2c(c1NC(=O)C1CCCCC1)CS(=O)(=O)C2. The third kappa shape index (κ3) is 3.29. The number of anilines is 1. The average Bonchev–Trinajstić information content (AvgIpc) is 2.93. The number of fused-ring (bicyclic) bond motifs is 1. The van der Waals surface area contributed by atoms with Gasteiger partial charge in [0.05, 0.1) is 22.7 Å². The summed E-state index contributed by atoms with van der Waals surface area (Å²) in [6.45, 7) is 6.00. The minimum atomic E-state index is -3.13. The van der Waals surface area contributed by atoms with Crippen molar-refractivity contribution in [3.63, 3.8) is 0 Å². The van der Waals surface area contributed by atoms with E-state index in [-0.39, 0.29) is 28.9 Å². The minimum absolute atomic E-state index is 0.00204. The molecule has 1 amide bonds. The molecule has 1 aliphatic carbocycles. The molecule has 1 aromatic heterocycles. The van der Waals surface area contributed by atoms with Crippen molar-refractivity contribution >= 4 is 21.6 Å². The standard InChI is InChI=1S/C16H25N3O3S/c1-16(2,3)19-14(12-9-23(21,22)10-13(12)18-19)17-15(20)11-7-5-4-6-8-11/h11H,4-10H2,1-3H3,(H,17,20). The van der Waals surface area contributed by atoms with Gasteiger partial charge in [-0.2, -0.15) is 5.10 Å². The van der Waals surface area contributed by atoms with E-state index < -0.39 is 9.84 Å². The van der Waals surface area contributed by atoms with Gasteiger partial charge in [0.2, 0.25) is 5.91 Å². The molecule has 128 valence electrons. The lowest BCUT2D eigenvalue weighted by atomic mass is 9.88. The van der Waals surface area contributed by atoms with Gasteiger partial charge in [0, 0.05) is 11.5 Å². The van der Waals surface area contributed by atoms with Gasteiger partial charge in [0.1, 0.15) is 5.82 Å². The summed E-state index contributed by atoms with van der Waals surface area (Å²) in [7, 11) is -3.13. The Morgan fingerprint density at radius 1 is 1.17 bits per heavy atom. The molecule has 2 aliphatic rings. The lowest BCUT2D eigenvalue weighted by Crippen LogP contribution is -2.30. The van der Waals surface area contributed by atoms with Crippen molar-refractivity contribution in [1.29, 1.82) is 0 Å². The molecule has 1 saturated carbocycles. The van der Waals surface area contributed by atoms with Gasteiger partial charge >= 0.3 is 0 Å². The van der Waals surface area contributed by atoms with E-state index in [2.05, 4.69) is 10.4 Å². The van der Waals surface area contributed by atoms with Crippen LogP contribution in [-0.2, 0) is 31.7 Å². The van der Waals surface area contributed by atoms with Gasteiger partial charge in [-0.25, -0.2) is 13.1 Å². The number of amides is 1. The molecule has 2 heterocycles. The average molecular weight is 339 g/mol. The molecule has 1 aliphatic heterocycles. The van der Waals surface area contributed by atoms with Crippen LogP contribution < -0.4 is 5.32 Å². The highest BCUT2D eigenvalue weighted by molar-refractivity contribution is 7.90. The summed E-state index contributed by atoms with van der Waals surface area (Å²) < 4.78 is 25.5. The van der Waals surface area contributed by atoms with Gasteiger partial charge in [-0.05, 0) is 33.6 Å². The highest BCUT2D eigenvalue weighted by Crippen LogP contribution is 2.35. The minimum Gasteiger partial charge on any atom is -0.310 e. The molecule has 1 fully saturated rings. The van der Waals surface area contributed by atoms with E-state index in [0.29, 0.717) is 17.1 Å². The molecule has 0 saturated heterocycles. The Morgan fingerprint density at radius 2 is 1.83 bits per heavy atom. The monoisotopic (exact) mass is 339 g/mol. The molecular formula is C16H25N3O3S. The van der Waals surface area contributed by atoms with Crippen LogP contribution in [0, 0.1) is 5.92 Å². The van der Waals surface area contributed by atoms with Crippen molar-refractivity contribution in [1.82, 2.24) is 9.78 Å². The van der Waals surface area contributed by atoms with Crippen LogP contribution in [0.1, 0.15) is 64.1 Å². The number of carbonyl (C=O) groups is 1. The normalized spacial score (nSPS) is 21.2. The fourth-order valence-electron chi connectivity index (χ4n) is 3.44. The Bertz CT molecular complexity index is 722. The summed E-state index contributed by atoms with van der Waals surface area (Å²) in [5.41, 5.74) is 0.937. The summed E-state index contributed by atoms with van der Waals surface area (Å²) in [6.07, 6.45) is 5.19. The summed E-state index contributed by atoms with van der Waals surface area (Å²) >= 11 is 0. The molecular weight excluding hydrogens is 314 g/mol. The predicted molar refractivity (Wildman–Crippen MR) is 88.8 cm³/mol. The maximum absolute atomic E-state index is 12.6. The molecule has 0 atom stereocenters. The fourth-order valence-corrected chi connectivity index (χ4v) is 4.93. The van der Waals surface area contributed by atoms with E-state index in [0.717, 1.165) is 25.7 Å². The number of rotatable bonds is 2. The number of sulfone groups is 1. The van der Waals surface area contributed by atoms with E-state index in [1.807, 2.05) is 20.8 Å². The Kier molecular flexibility index (Phi) is 4.02. The second kappa shape index (κ2) is 5.61. The second-order valence-electron chi connectivity index (χ2n) is 7.71. The molecule has 6 nitrogen and oxygen atoms in total. The quantitative estimate of drug-likeness (QED) is 0.898. The highest BCUT2D eigenvalue weighted by Gasteiger charge is 2.36. The summed E-state index contributed by atoms with van der Waals surface area (Å²) in [4.78, 5) is 12.6. The summed E-state index contributed by atoms with van der Waals surface area (Å²) in [5, 5.41) is 7.48. The molecule has 0 bridgehead atoms. The molecule has 1 aromatic rings. The molecule has 7 heteroatoms. The first kappa shape index (κ1) is 16.5. The van der Waals surface area contributed by atoms with Crippen molar-refractivity contribution in [3.05, 3.63) is 11.3 Å². The van der Waals surface area contributed by atoms with E-state index in [4.69, 9.17) is 0 Å². The lowest BCUT2D eigenvalue weighted by molar-refractivity contribution is -0.120. The smallest absolute Gasteiger partial charge is 0.228 e. The van der Waals surface area contributed by atoms with Crippen LogP contribution in [0.5, 0.6) is 0 Å². The highest BCUT2D eigenvalue weighted by atomic mass is 32.2. The number of hydrogen-bond donors (Lipinski definition) is 1. The number of hydrogen-bond acceptors (Lipinski definition) is 4. The Balaban J connectivity index is 1.92. The van der Waals surface area contributed by atoms with Crippen LogP contribution in [0.4, 0.5) is 5.82 Å². The first-order valence-electron chi connectivity index (χ1n) is 8.30. The second-order valence-corrected chi connectivity index (χ2v) is 9.78. The third-order valence-electron chi connectivity index (χ3n) is 4.64. The van der Waals surface area contributed by atoms with E-state index in [1.54, 1.807) is 4.68 Å². The molecule has 23 heavy (non-hydrogen) atoms. The molecule has 3 rings (SSSR count). The number of carbonyl (C=O) groups excluding carboxylic acids is 1. The van der Waals surface area contributed by atoms with E-state index in [9.17, 15) is 13.2 Å². The van der Waals surface area contributed by atoms with Gasteiger partial charge in [-0.3, -0.25) is 4.79 Å². The topological polar surface area (TPSA) is 81.1 Å². The molecule has 0 aromatic carbocycles. The van der Waals surface area contributed by atoms with E-state index >= 15 is 0 Å². The molecule has 0 unspecified atom stereocenters. The third-order valence-corrected chi connectivity index (χ3v) is 6.08. The lowest BCUT2D eigenvalue weighted by Gasteiger charge is -2.25. The van der Waals surface area contributed by atoms with Gasteiger partial charge in [0.25, 0.3) is 0 Å². The number of nitrogens with zero attached hydrogens (tertiary/aromatic N) is 2. The molecule has 0 radical (unpaired) electrons. The van der Waals surface area contributed by atoms with Gasteiger partial charge in [0.15, 0.2) is 9.84 Å². The predicted octanol–water partition coefficient (Wildman–Crippen LogP) is 2.59. The van der Waals surface area contributed by atoms with Crippen LogP contribution in [0.25, 0.3) is 0 Å². The van der Waals surface area contributed by atoms with Crippen LogP contribution in [0.15, 0.2) is 0 Å². The van der Waals surface area contributed by atoms with Crippen molar-refractivity contribution in [2.24, 2.45) is 5.92 Å². The zero-order valence-corrected chi connectivity index (χ0v) is 14.9. The number of aromatic nitrogens is 2. The van der Waals surface area contributed by atoms with Gasteiger partial charge in [-0.1, -0.05) is 19.3 Å². The Hall–Kier alpha value is -1.37. The fraction of sp³-hybridized carbons (Fsp3) is 0.750. The summed E-state index contributed by atoms with van der Waals surface area (Å²) in [6, 6.07) is 0. The van der Waals surface area contributed by atoms with Crippen molar-refractivity contribution in [2.45, 2.75) is 69.9 Å². The maximum atomic E-state index is 12.6. The Morgan fingerprint density at radius 3 is 2.43 bits per heavy atom. The van der Waals surface area contributed by atoms with Crippen molar-refractivity contribution < 1.29 is 13.2 Å². The summed E-state index contributed by atoms with van der Waals surface area (Å²) in [5.74, 6) is 0.545. The van der Waals surface area contributed by atoms with Crippen LogP contribution in [0.2, 0.25) is 0 Å². The van der Waals surface area contributed by atoms with Crippen molar-refractivity contribution in [3.8, 4) is 0 Å². The number of nitrogens with one attached hydrogen (secondary N) is 1. The molecule has 0 spiro atoms. The van der Waals surface area contributed by atoms with Crippen LogP contribution >= 0.6 is 0 Å². The first-order valence-corrected chi connectivity index (χ1v) is 10.1. The Labute approximate surface area is 137 Å².